The minimum Gasteiger partial charge on any atom is -0.300 e. The standard InChI is InChI=1S/C6H9BrO/c1-6(8)4-2-3-5-7/h3,5H,2,4H2,1H3/b5-3+. The van der Waals surface area contributed by atoms with Crippen LogP contribution in [-0.2, 0) is 4.79 Å². The molecule has 0 aliphatic rings. The molecule has 0 bridgehead atoms. The molecule has 46 valence electrons. The summed E-state index contributed by atoms with van der Waals surface area (Å²) in [6, 6.07) is 0. The molecule has 0 aromatic heterocycles. The molecule has 0 aromatic carbocycles. The first-order valence-electron chi connectivity index (χ1n) is 2.52. The zero-order valence-corrected chi connectivity index (χ0v) is 6.44. The molecule has 0 heterocycles. The van der Waals surface area contributed by atoms with Crippen molar-refractivity contribution in [2.24, 2.45) is 0 Å². The van der Waals surface area contributed by atoms with Gasteiger partial charge in [-0.15, -0.1) is 0 Å². The molecule has 0 saturated heterocycles. The lowest BCUT2D eigenvalue weighted by Gasteiger charge is -1.84. The molecule has 0 amide bonds. The molecule has 0 unspecified atom stereocenters. The molecule has 0 aromatic rings. The molecule has 0 saturated carbocycles. The SMILES string of the molecule is CC(=O)CC/C=C/Br. The first kappa shape index (κ1) is 7.89. The lowest BCUT2D eigenvalue weighted by atomic mass is 10.2. The molecule has 0 rings (SSSR count). The maximum Gasteiger partial charge on any atom is 0.130 e. The third kappa shape index (κ3) is 5.89. The Kier molecular flexibility index (Phi) is 4.97. The summed E-state index contributed by atoms with van der Waals surface area (Å²) in [5.74, 6) is 0.246. The van der Waals surface area contributed by atoms with E-state index in [4.69, 9.17) is 0 Å². The monoisotopic (exact) mass is 176 g/mol. The van der Waals surface area contributed by atoms with Gasteiger partial charge in [0, 0.05) is 6.42 Å². The van der Waals surface area contributed by atoms with Crippen LogP contribution in [0, 0.1) is 0 Å². The number of hydrogen-bond acceptors (Lipinski definition) is 1. The molecule has 0 fully saturated rings. The summed E-state index contributed by atoms with van der Waals surface area (Å²) < 4.78 is 0. The smallest absolute Gasteiger partial charge is 0.130 e. The normalized spacial score (nSPS) is 10.2. The van der Waals surface area contributed by atoms with E-state index in [9.17, 15) is 4.79 Å². The summed E-state index contributed by atoms with van der Waals surface area (Å²) in [6.07, 6.45) is 3.42. The van der Waals surface area contributed by atoms with Gasteiger partial charge in [-0.25, -0.2) is 0 Å². The molecule has 0 radical (unpaired) electrons. The highest BCUT2D eigenvalue weighted by atomic mass is 79.9. The molecule has 0 N–H and O–H groups in total. The second kappa shape index (κ2) is 5.04. The molecular formula is C6H9BrO. The van der Waals surface area contributed by atoms with Crippen LogP contribution in [0.4, 0.5) is 0 Å². The summed E-state index contributed by atoms with van der Waals surface area (Å²) in [5, 5.41) is 0. The van der Waals surface area contributed by atoms with Crippen molar-refractivity contribution in [1.29, 1.82) is 0 Å². The van der Waals surface area contributed by atoms with Crippen LogP contribution in [0.1, 0.15) is 19.8 Å². The Balaban J connectivity index is 3.05. The maximum absolute atomic E-state index is 10.3. The number of carbonyl (C=O) groups excluding carboxylic acids is 1. The van der Waals surface area contributed by atoms with Crippen LogP contribution < -0.4 is 0 Å². The summed E-state index contributed by atoms with van der Waals surface area (Å²) >= 11 is 3.11. The minimum atomic E-state index is 0.246. The fraction of sp³-hybridized carbons (Fsp3) is 0.500. The van der Waals surface area contributed by atoms with Crippen LogP contribution in [0.25, 0.3) is 0 Å². The fourth-order valence-electron chi connectivity index (χ4n) is 0.350. The highest BCUT2D eigenvalue weighted by Crippen LogP contribution is 1.93. The molecule has 0 spiro atoms. The summed E-state index contributed by atoms with van der Waals surface area (Å²) in [6.45, 7) is 1.60. The minimum absolute atomic E-state index is 0.246. The number of Topliss-reactive ketones (excluding diaryl/α,β-unsaturated/α-hetero) is 1. The number of carbonyl (C=O) groups is 1. The van der Waals surface area contributed by atoms with Crippen molar-refractivity contribution in [3.05, 3.63) is 11.1 Å². The second-order valence-electron chi connectivity index (χ2n) is 1.60. The van der Waals surface area contributed by atoms with E-state index in [0.29, 0.717) is 6.42 Å². The van der Waals surface area contributed by atoms with Crippen LogP contribution in [0.2, 0.25) is 0 Å². The first-order chi connectivity index (χ1) is 3.77. The zero-order valence-electron chi connectivity index (χ0n) is 4.86. The Morgan fingerprint density at radius 2 is 2.38 bits per heavy atom. The third-order valence-corrected chi connectivity index (χ3v) is 1.13. The van der Waals surface area contributed by atoms with Crippen LogP contribution >= 0.6 is 15.9 Å². The van der Waals surface area contributed by atoms with Crippen molar-refractivity contribution >= 4 is 21.7 Å². The van der Waals surface area contributed by atoms with Gasteiger partial charge < -0.3 is 4.79 Å². The van der Waals surface area contributed by atoms with E-state index < -0.39 is 0 Å². The van der Waals surface area contributed by atoms with Gasteiger partial charge in [0.15, 0.2) is 0 Å². The van der Waals surface area contributed by atoms with Gasteiger partial charge in [-0.05, 0) is 18.3 Å². The van der Waals surface area contributed by atoms with Crippen LogP contribution in [0.15, 0.2) is 11.1 Å². The Morgan fingerprint density at radius 3 is 2.75 bits per heavy atom. The molecule has 1 nitrogen and oxygen atoms in total. The van der Waals surface area contributed by atoms with Gasteiger partial charge in [0.05, 0.1) is 0 Å². The third-order valence-electron chi connectivity index (χ3n) is 0.752. The van der Waals surface area contributed by atoms with Crippen molar-refractivity contribution in [3.8, 4) is 0 Å². The predicted molar refractivity (Wildman–Crippen MR) is 38.0 cm³/mol. The van der Waals surface area contributed by atoms with E-state index >= 15 is 0 Å². The number of halogens is 1. The average molecular weight is 177 g/mol. The van der Waals surface area contributed by atoms with Crippen molar-refractivity contribution in [2.45, 2.75) is 19.8 Å². The second-order valence-corrected chi connectivity index (χ2v) is 2.13. The Bertz CT molecular complexity index is 96.7. The van der Waals surface area contributed by atoms with Gasteiger partial charge in [-0.1, -0.05) is 22.0 Å². The fourth-order valence-corrected chi connectivity index (χ4v) is 0.614. The van der Waals surface area contributed by atoms with Crippen LogP contribution in [0.5, 0.6) is 0 Å². The van der Waals surface area contributed by atoms with Gasteiger partial charge in [0.1, 0.15) is 5.78 Å². The van der Waals surface area contributed by atoms with E-state index in [1.807, 2.05) is 6.08 Å². The molecule has 0 aliphatic carbocycles. The topological polar surface area (TPSA) is 17.1 Å². The van der Waals surface area contributed by atoms with E-state index in [0.717, 1.165) is 6.42 Å². The Hall–Kier alpha value is -0.110. The van der Waals surface area contributed by atoms with Gasteiger partial charge in [-0.2, -0.15) is 0 Å². The van der Waals surface area contributed by atoms with Gasteiger partial charge in [0.2, 0.25) is 0 Å². The lowest BCUT2D eigenvalue weighted by molar-refractivity contribution is -0.116. The van der Waals surface area contributed by atoms with E-state index in [2.05, 4.69) is 15.9 Å². The molecule has 0 aliphatic heterocycles. The van der Waals surface area contributed by atoms with Crippen LogP contribution in [0.3, 0.4) is 0 Å². The zero-order chi connectivity index (χ0) is 6.41. The Morgan fingerprint density at radius 1 is 1.75 bits per heavy atom. The molecular weight excluding hydrogens is 168 g/mol. The van der Waals surface area contributed by atoms with Gasteiger partial charge in [-0.3, -0.25) is 0 Å². The highest BCUT2D eigenvalue weighted by Gasteiger charge is 1.86. The van der Waals surface area contributed by atoms with E-state index in [1.165, 1.54) is 0 Å². The van der Waals surface area contributed by atoms with Gasteiger partial charge in [0.25, 0.3) is 0 Å². The number of allylic oxidation sites excluding steroid dienone is 1. The average Bonchev–Trinajstić information content (AvgIpc) is 1.66. The molecule has 8 heavy (non-hydrogen) atoms. The van der Waals surface area contributed by atoms with E-state index in [1.54, 1.807) is 11.9 Å². The van der Waals surface area contributed by atoms with Crippen molar-refractivity contribution in [2.75, 3.05) is 0 Å². The van der Waals surface area contributed by atoms with Gasteiger partial charge >= 0.3 is 0 Å². The van der Waals surface area contributed by atoms with E-state index in [-0.39, 0.29) is 5.78 Å². The van der Waals surface area contributed by atoms with Crippen molar-refractivity contribution in [1.82, 2.24) is 0 Å². The van der Waals surface area contributed by atoms with Crippen LogP contribution in [-0.4, -0.2) is 5.78 Å². The summed E-state index contributed by atoms with van der Waals surface area (Å²) in [5.41, 5.74) is 0. The molecule has 2 heteroatoms. The highest BCUT2D eigenvalue weighted by molar-refractivity contribution is 9.11. The molecule has 0 atom stereocenters. The Labute approximate surface area is 57.9 Å². The largest absolute Gasteiger partial charge is 0.300 e. The number of rotatable bonds is 3. The summed E-state index contributed by atoms with van der Waals surface area (Å²) in [4.78, 5) is 12.0. The predicted octanol–water partition coefficient (Wildman–Crippen LogP) is 2.26. The maximum atomic E-state index is 10.3. The number of hydrogen-bond donors (Lipinski definition) is 0. The lowest BCUT2D eigenvalue weighted by Crippen LogP contribution is -1.85. The summed E-state index contributed by atoms with van der Waals surface area (Å²) in [7, 11) is 0. The van der Waals surface area contributed by atoms with Crippen molar-refractivity contribution in [3.63, 3.8) is 0 Å². The number of ketones is 1. The quantitative estimate of drug-likeness (QED) is 0.646. The van der Waals surface area contributed by atoms with Crippen molar-refractivity contribution < 1.29 is 4.79 Å². The first-order valence-corrected chi connectivity index (χ1v) is 3.43.